The lowest BCUT2D eigenvalue weighted by atomic mass is 10.1. The number of benzene rings is 1. The Morgan fingerprint density at radius 1 is 1.54 bits per heavy atom. The highest BCUT2D eigenvalue weighted by Crippen LogP contribution is 2.21. The van der Waals surface area contributed by atoms with E-state index in [1.165, 1.54) is 12.1 Å². The molecule has 0 aliphatic rings. The maximum absolute atomic E-state index is 13.1. The van der Waals surface area contributed by atoms with E-state index in [-0.39, 0.29) is 18.0 Å². The average Bonchev–Trinajstić information content (AvgIpc) is 2.09. The third-order valence-corrected chi connectivity index (χ3v) is 1.90. The van der Waals surface area contributed by atoms with Crippen LogP contribution in [0, 0.1) is 12.7 Å². The first-order chi connectivity index (χ1) is 6.15. The molecule has 0 saturated carbocycles. The normalized spacial score (nSPS) is 10.0. The summed E-state index contributed by atoms with van der Waals surface area (Å²) in [5, 5.41) is 9.27. The van der Waals surface area contributed by atoms with Crippen LogP contribution in [0.3, 0.4) is 0 Å². The van der Waals surface area contributed by atoms with E-state index in [4.69, 9.17) is 0 Å². The number of hydrogen-bond acceptors (Lipinski definition) is 2. The van der Waals surface area contributed by atoms with Crippen molar-refractivity contribution in [2.24, 2.45) is 0 Å². The van der Waals surface area contributed by atoms with Gasteiger partial charge >= 0.3 is 0 Å². The van der Waals surface area contributed by atoms with Crippen LogP contribution in [0.4, 0.5) is 4.39 Å². The number of phenols is 1. The number of halogens is 1. The minimum atomic E-state index is -0.364. The number of hydrogen-bond donors (Lipinski definition) is 1. The first-order valence-electron chi connectivity index (χ1n) is 4.06. The second kappa shape index (κ2) is 4.03. The van der Waals surface area contributed by atoms with Gasteiger partial charge in [-0.3, -0.25) is 0 Å². The molecule has 1 aromatic rings. The van der Waals surface area contributed by atoms with Gasteiger partial charge < -0.3 is 9.90 Å². The van der Waals surface area contributed by atoms with E-state index in [0.717, 1.165) is 6.29 Å². The van der Waals surface area contributed by atoms with Crippen molar-refractivity contribution in [2.75, 3.05) is 0 Å². The first-order valence-corrected chi connectivity index (χ1v) is 4.06. The van der Waals surface area contributed by atoms with Crippen molar-refractivity contribution in [3.63, 3.8) is 0 Å². The second-order valence-electron chi connectivity index (χ2n) is 2.94. The minimum Gasteiger partial charge on any atom is -0.508 e. The van der Waals surface area contributed by atoms with Crippen molar-refractivity contribution >= 4 is 6.29 Å². The van der Waals surface area contributed by atoms with Gasteiger partial charge in [-0.15, -0.1) is 0 Å². The van der Waals surface area contributed by atoms with Crippen molar-refractivity contribution in [1.29, 1.82) is 0 Å². The maximum Gasteiger partial charge on any atom is 0.126 e. The van der Waals surface area contributed by atoms with Gasteiger partial charge in [-0.05, 0) is 36.6 Å². The van der Waals surface area contributed by atoms with Gasteiger partial charge in [0.2, 0.25) is 0 Å². The number of rotatable bonds is 3. The molecule has 0 heterocycles. The Hall–Kier alpha value is -1.38. The molecule has 0 spiro atoms. The molecule has 1 N–H and O–H groups in total. The Bertz CT molecular complexity index is 321. The topological polar surface area (TPSA) is 37.3 Å². The summed E-state index contributed by atoms with van der Waals surface area (Å²) in [5.41, 5.74) is 0.891. The van der Waals surface area contributed by atoms with E-state index in [1.807, 2.05) is 0 Å². The standard InChI is InChI=1S/C10H11FO2/c1-7-5-9(11)8(3-2-4-12)6-10(7)13/h4-6,13H,2-3H2,1H3. The van der Waals surface area contributed by atoms with E-state index in [2.05, 4.69) is 0 Å². The second-order valence-corrected chi connectivity index (χ2v) is 2.94. The molecular formula is C10H11FO2. The molecule has 0 bridgehead atoms. The third-order valence-electron chi connectivity index (χ3n) is 1.90. The molecule has 0 atom stereocenters. The molecule has 70 valence electrons. The van der Waals surface area contributed by atoms with E-state index >= 15 is 0 Å². The summed E-state index contributed by atoms with van der Waals surface area (Å²) < 4.78 is 13.1. The molecule has 0 aliphatic heterocycles. The lowest BCUT2D eigenvalue weighted by molar-refractivity contribution is -0.107. The molecule has 0 aliphatic carbocycles. The molecule has 0 amide bonds. The zero-order chi connectivity index (χ0) is 9.84. The Labute approximate surface area is 76.0 Å². The van der Waals surface area contributed by atoms with Gasteiger partial charge in [0.05, 0.1) is 0 Å². The Kier molecular flexibility index (Phi) is 3.01. The predicted molar refractivity (Wildman–Crippen MR) is 47.2 cm³/mol. The number of carbonyl (C=O) groups is 1. The van der Waals surface area contributed by atoms with Crippen molar-refractivity contribution in [1.82, 2.24) is 0 Å². The van der Waals surface area contributed by atoms with E-state index in [0.29, 0.717) is 17.5 Å². The molecule has 1 rings (SSSR count). The number of aldehydes is 1. The summed E-state index contributed by atoms with van der Waals surface area (Å²) >= 11 is 0. The van der Waals surface area contributed by atoms with E-state index in [9.17, 15) is 14.3 Å². The lowest BCUT2D eigenvalue weighted by Gasteiger charge is -2.04. The van der Waals surface area contributed by atoms with Crippen LogP contribution in [-0.4, -0.2) is 11.4 Å². The lowest BCUT2D eigenvalue weighted by Crippen LogP contribution is -1.92. The van der Waals surface area contributed by atoms with Crippen LogP contribution in [0.25, 0.3) is 0 Å². The highest BCUT2D eigenvalue weighted by molar-refractivity contribution is 5.50. The van der Waals surface area contributed by atoms with Gasteiger partial charge in [0.15, 0.2) is 0 Å². The van der Waals surface area contributed by atoms with Gasteiger partial charge in [-0.1, -0.05) is 0 Å². The van der Waals surface area contributed by atoms with Gasteiger partial charge in [0.25, 0.3) is 0 Å². The van der Waals surface area contributed by atoms with Crippen LogP contribution >= 0.6 is 0 Å². The van der Waals surface area contributed by atoms with Crippen molar-refractivity contribution in [2.45, 2.75) is 19.8 Å². The largest absolute Gasteiger partial charge is 0.508 e. The molecule has 13 heavy (non-hydrogen) atoms. The fraction of sp³-hybridized carbons (Fsp3) is 0.300. The third kappa shape index (κ3) is 2.28. The smallest absolute Gasteiger partial charge is 0.126 e. The molecule has 0 radical (unpaired) electrons. The van der Waals surface area contributed by atoms with Gasteiger partial charge in [-0.25, -0.2) is 4.39 Å². The van der Waals surface area contributed by atoms with Crippen LogP contribution in [0.1, 0.15) is 17.5 Å². The summed E-state index contributed by atoms with van der Waals surface area (Å²) in [5.74, 6) is -0.292. The predicted octanol–water partition coefficient (Wildman–Crippen LogP) is 1.97. The van der Waals surface area contributed by atoms with Crippen LogP contribution in [0.5, 0.6) is 5.75 Å². The molecule has 0 aromatic heterocycles. The number of carbonyl (C=O) groups excluding carboxylic acids is 1. The van der Waals surface area contributed by atoms with Gasteiger partial charge in [-0.2, -0.15) is 0 Å². The monoisotopic (exact) mass is 182 g/mol. The Balaban J connectivity index is 2.94. The SMILES string of the molecule is Cc1cc(F)c(CCC=O)cc1O. The summed E-state index contributed by atoms with van der Waals surface area (Å²) in [6, 6.07) is 2.64. The molecule has 1 aromatic carbocycles. The highest BCUT2D eigenvalue weighted by atomic mass is 19.1. The van der Waals surface area contributed by atoms with Crippen LogP contribution in [0.15, 0.2) is 12.1 Å². The molecule has 0 saturated heterocycles. The quantitative estimate of drug-likeness (QED) is 0.725. The zero-order valence-electron chi connectivity index (χ0n) is 7.38. The van der Waals surface area contributed by atoms with Gasteiger partial charge in [0, 0.05) is 6.42 Å². The zero-order valence-corrected chi connectivity index (χ0v) is 7.38. The van der Waals surface area contributed by atoms with Crippen LogP contribution in [-0.2, 0) is 11.2 Å². The fourth-order valence-corrected chi connectivity index (χ4v) is 1.11. The van der Waals surface area contributed by atoms with Crippen molar-refractivity contribution in [3.8, 4) is 5.75 Å². The summed E-state index contributed by atoms with van der Waals surface area (Å²) in [6.07, 6.45) is 1.35. The van der Waals surface area contributed by atoms with E-state index in [1.54, 1.807) is 6.92 Å². The van der Waals surface area contributed by atoms with Crippen molar-refractivity contribution < 1.29 is 14.3 Å². The summed E-state index contributed by atoms with van der Waals surface area (Å²) in [7, 11) is 0. The molecule has 0 fully saturated rings. The summed E-state index contributed by atoms with van der Waals surface area (Å²) in [4.78, 5) is 10.1. The number of phenolic OH excluding ortho intramolecular Hbond substituents is 1. The maximum atomic E-state index is 13.1. The number of aromatic hydroxyl groups is 1. The molecular weight excluding hydrogens is 171 g/mol. The minimum absolute atomic E-state index is 0.0716. The highest BCUT2D eigenvalue weighted by Gasteiger charge is 2.05. The van der Waals surface area contributed by atoms with Crippen LogP contribution in [0.2, 0.25) is 0 Å². The molecule has 0 unspecified atom stereocenters. The number of aryl methyl sites for hydroxylation is 2. The summed E-state index contributed by atoms with van der Waals surface area (Å²) in [6.45, 7) is 1.63. The Morgan fingerprint density at radius 2 is 2.23 bits per heavy atom. The van der Waals surface area contributed by atoms with Gasteiger partial charge in [0.1, 0.15) is 17.9 Å². The van der Waals surface area contributed by atoms with Crippen molar-refractivity contribution in [3.05, 3.63) is 29.1 Å². The first kappa shape index (κ1) is 9.71. The van der Waals surface area contributed by atoms with Crippen LogP contribution < -0.4 is 0 Å². The van der Waals surface area contributed by atoms with E-state index < -0.39 is 0 Å². The fourth-order valence-electron chi connectivity index (χ4n) is 1.11. The molecule has 3 heteroatoms. The molecule has 2 nitrogen and oxygen atoms in total. The average molecular weight is 182 g/mol. The Morgan fingerprint density at radius 3 is 2.85 bits per heavy atom.